The van der Waals surface area contributed by atoms with Crippen molar-refractivity contribution in [3.63, 3.8) is 0 Å². The van der Waals surface area contributed by atoms with Gasteiger partial charge in [0, 0.05) is 35.7 Å². The summed E-state index contributed by atoms with van der Waals surface area (Å²) in [6.45, 7) is 5.37. The van der Waals surface area contributed by atoms with E-state index in [1.807, 2.05) is 18.2 Å². The number of methoxy groups -OCH3 is 1. The van der Waals surface area contributed by atoms with Gasteiger partial charge in [0.15, 0.2) is 0 Å². The zero-order valence-corrected chi connectivity index (χ0v) is 15.0. The van der Waals surface area contributed by atoms with Gasteiger partial charge >= 0.3 is 0 Å². The fourth-order valence-corrected chi connectivity index (χ4v) is 3.70. The highest BCUT2D eigenvalue weighted by Gasteiger charge is 2.26. The molecule has 1 saturated heterocycles. The molecular weight excluding hydrogens is 352 g/mol. The summed E-state index contributed by atoms with van der Waals surface area (Å²) in [5.74, 6) is 0.640. The van der Waals surface area contributed by atoms with Gasteiger partial charge in [0.2, 0.25) is 0 Å². The van der Waals surface area contributed by atoms with Crippen LogP contribution in [0.2, 0.25) is 5.02 Å². The average Bonchev–Trinajstić information content (AvgIpc) is 2.46. The molecule has 0 bridgehead atoms. The largest absolute Gasteiger partial charge is 0.380 e. The third kappa shape index (κ3) is 4.67. The molecule has 1 aromatic carbocycles. The SMILES string of the molecule is COC1CN(CCC(N)c2ccc(Br)cc2Cl)CCC1C. The second-order valence-electron chi connectivity index (χ2n) is 5.90. The summed E-state index contributed by atoms with van der Waals surface area (Å²) in [5, 5.41) is 0.735. The summed E-state index contributed by atoms with van der Waals surface area (Å²) < 4.78 is 6.54. The Balaban J connectivity index is 1.87. The molecule has 3 unspecified atom stereocenters. The quantitative estimate of drug-likeness (QED) is 0.849. The van der Waals surface area contributed by atoms with E-state index in [0.717, 1.165) is 41.1 Å². The number of halogens is 2. The second-order valence-corrected chi connectivity index (χ2v) is 7.22. The maximum Gasteiger partial charge on any atom is 0.0724 e. The fraction of sp³-hybridized carbons (Fsp3) is 0.625. The molecule has 21 heavy (non-hydrogen) atoms. The van der Waals surface area contributed by atoms with Crippen LogP contribution in [0, 0.1) is 5.92 Å². The summed E-state index contributed by atoms with van der Waals surface area (Å²) in [5.41, 5.74) is 7.32. The molecule has 1 fully saturated rings. The highest BCUT2D eigenvalue weighted by atomic mass is 79.9. The van der Waals surface area contributed by atoms with Gasteiger partial charge < -0.3 is 15.4 Å². The van der Waals surface area contributed by atoms with E-state index in [1.165, 1.54) is 6.42 Å². The molecule has 0 radical (unpaired) electrons. The van der Waals surface area contributed by atoms with E-state index in [-0.39, 0.29) is 6.04 Å². The third-order valence-corrected chi connectivity index (χ3v) is 5.22. The highest BCUT2D eigenvalue weighted by Crippen LogP contribution is 2.27. The molecule has 1 aliphatic rings. The van der Waals surface area contributed by atoms with E-state index in [9.17, 15) is 0 Å². The normalized spacial score (nSPS) is 25.0. The van der Waals surface area contributed by atoms with Crippen LogP contribution in [0.4, 0.5) is 0 Å². The van der Waals surface area contributed by atoms with Gasteiger partial charge in [-0.15, -0.1) is 0 Å². The molecule has 3 nitrogen and oxygen atoms in total. The number of benzene rings is 1. The third-order valence-electron chi connectivity index (χ3n) is 4.39. The first-order valence-electron chi connectivity index (χ1n) is 7.47. The predicted molar refractivity (Wildman–Crippen MR) is 91.7 cm³/mol. The molecular formula is C16H24BrClN2O. The molecule has 1 aromatic rings. The van der Waals surface area contributed by atoms with Crippen LogP contribution in [0.5, 0.6) is 0 Å². The van der Waals surface area contributed by atoms with E-state index in [1.54, 1.807) is 7.11 Å². The summed E-state index contributed by atoms with van der Waals surface area (Å²) in [6.07, 6.45) is 2.44. The van der Waals surface area contributed by atoms with Crippen LogP contribution in [0.15, 0.2) is 22.7 Å². The first kappa shape index (κ1) is 17.2. The number of piperidine rings is 1. The lowest BCUT2D eigenvalue weighted by molar-refractivity contribution is -0.00555. The molecule has 3 atom stereocenters. The zero-order valence-electron chi connectivity index (χ0n) is 12.7. The van der Waals surface area contributed by atoms with Gasteiger partial charge in [-0.2, -0.15) is 0 Å². The number of nitrogens with zero attached hydrogens (tertiary/aromatic N) is 1. The van der Waals surface area contributed by atoms with Gasteiger partial charge in [-0.3, -0.25) is 0 Å². The van der Waals surface area contributed by atoms with Gasteiger partial charge in [-0.1, -0.05) is 40.5 Å². The predicted octanol–water partition coefficient (Wildman–Crippen LogP) is 3.85. The van der Waals surface area contributed by atoms with Crippen LogP contribution in [0.1, 0.15) is 31.4 Å². The Labute approximate surface area is 140 Å². The zero-order chi connectivity index (χ0) is 15.4. The van der Waals surface area contributed by atoms with Crippen LogP contribution in [0.25, 0.3) is 0 Å². The number of rotatable bonds is 5. The van der Waals surface area contributed by atoms with Crippen LogP contribution in [0.3, 0.4) is 0 Å². The van der Waals surface area contributed by atoms with E-state index >= 15 is 0 Å². The number of ether oxygens (including phenoxy) is 1. The first-order valence-corrected chi connectivity index (χ1v) is 8.64. The standard InChI is InChI=1S/C16H24BrClN2O/c1-11-5-7-20(10-16(11)21-2)8-6-15(19)13-4-3-12(17)9-14(13)18/h3-4,9,11,15-16H,5-8,10,19H2,1-2H3. The van der Waals surface area contributed by atoms with Crippen molar-refractivity contribution in [3.05, 3.63) is 33.3 Å². The molecule has 0 aromatic heterocycles. The molecule has 0 aliphatic carbocycles. The number of hydrogen-bond acceptors (Lipinski definition) is 3. The maximum absolute atomic E-state index is 6.30. The molecule has 2 rings (SSSR count). The lowest BCUT2D eigenvalue weighted by atomic mass is 9.95. The van der Waals surface area contributed by atoms with Gasteiger partial charge in [0.05, 0.1) is 6.10 Å². The van der Waals surface area contributed by atoms with E-state index in [0.29, 0.717) is 12.0 Å². The lowest BCUT2D eigenvalue weighted by Crippen LogP contribution is -2.44. The number of likely N-dealkylation sites (tertiary alicyclic amines) is 1. The molecule has 1 heterocycles. The van der Waals surface area contributed by atoms with Gasteiger partial charge in [-0.05, 0) is 43.0 Å². The molecule has 1 aliphatic heterocycles. The van der Waals surface area contributed by atoms with Crippen molar-refractivity contribution < 1.29 is 4.74 Å². The van der Waals surface area contributed by atoms with E-state index in [2.05, 4.69) is 27.8 Å². The van der Waals surface area contributed by atoms with Crippen molar-refractivity contribution in [1.82, 2.24) is 4.90 Å². The van der Waals surface area contributed by atoms with Crippen LogP contribution < -0.4 is 5.73 Å². The van der Waals surface area contributed by atoms with Crippen LogP contribution >= 0.6 is 27.5 Å². The molecule has 118 valence electrons. The summed E-state index contributed by atoms with van der Waals surface area (Å²) in [7, 11) is 1.80. The maximum atomic E-state index is 6.30. The van der Waals surface area contributed by atoms with Crippen molar-refractivity contribution in [3.8, 4) is 0 Å². The van der Waals surface area contributed by atoms with Crippen LogP contribution in [-0.4, -0.2) is 37.7 Å². The molecule has 2 N–H and O–H groups in total. The molecule has 0 spiro atoms. The fourth-order valence-electron chi connectivity index (χ4n) is 2.89. The van der Waals surface area contributed by atoms with Crippen molar-refractivity contribution in [2.45, 2.75) is 31.9 Å². The summed E-state index contributed by atoms with van der Waals surface area (Å²) in [6, 6.07) is 5.88. The van der Waals surface area contributed by atoms with Gasteiger partial charge in [0.25, 0.3) is 0 Å². The monoisotopic (exact) mass is 374 g/mol. The second kappa shape index (κ2) is 7.93. The van der Waals surface area contributed by atoms with E-state index in [4.69, 9.17) is 22.1 Å². The molecule has 0 saturated carbocycles. The highest BCUT2D eigenvalue weighted by molar-refractivity contribution is 9.10. The summed E-state index contributed by atoms with van der Waals surface area (Å²) >= 11 is 9.69. The van der Waals surface area contributed by atoms with E-state index < -0.39 is 0 Å². The first-order chi connectivity index (χ1) is 10.0. The van der Waals surface area contributed by atoms with Gasteiger partial charge in [0.1, 0.15) is 0 Å². The van der Waals surface area contributed by atoms with Crippen molar-refractivity contribution in [2.24, 2.45) is 11.7 Å². The minimum atomic E-state index is -0.0223. The Morgan fingerprint density at radius 3 is 2.95 bits per heavy atom. The minimum Gasteiger partial charge on any atom is -0.380 e. The van der Waals surface area contributed by atoms with Gasteiger partial charge in [-0.25, -0.2) is 0 Å². The lowest BCUT2D eigenvalue weighted by Gasteiger charge is -2.36. The Bertz CT molecular complexity index is 472. The topological polar surface area (TPSA) is 38.5 Å². The van der Waals surface area contributed by atoms with Crippen molar-refractivity contribution in [1.29, 1.82) is 0 Å². The Morgan fingerprint density at radius 1 is 1.52 bits per heavy atom. The Morgan fingerprint density at radius 2 is 2.29 bits per heavy atom. The minimum absolute atomic E-state index is 0.0223. The Hall–Kier alpha value is -0.130. The number of hydrogen-bond donors (Lipinski definition) is 1. The van der Waals surface area contributed by atoms with Crippen LogP contribution in [-0.2, 0) is 4.74 Å². The van der Waals surface area contributed by atoms with Crippen molar-refractivity contribution in [2.75, 3.05) is 26.7 Å². The molecule has 0 amide bonds. The Kier molecular flexibility index (Phi) is 6.51. The number of nitrogens with two attached hydrogens (primary N) is 1. The average molecular weight is 376 g/mol. The summed E-state index contributed by atoms with van der Waals surface area (Å²) in [4.78, 5) is 2.45. The molecule has 5 heteroatoms. The smallest absolute Gasteiger partial charge is 0.0724 e. The van der Waals surface area contributed by atoms with Crippen molar-refractivity contribution >= 4 is 27.5 Å².